The lowest BCUT2D eigenvalue weighted by molar-refractivity contribution is 0.100. The fourth-order valence-electron chi connectivity index (χ4n) is 3.68. The van der Waals surface area contributed by atoms with E-state index in [9.17, 15) is 4.79 Å². The number of benzene rings is 2. The predicted molar refractivity (Wildman–Crippen MR) is 106 cm³/mol. The van der Waals surface area contributed by atoms with Gasteiger partial charge in [0.25, 0.3) is 0 Å². The molecule has 0 radical (unpaired) electrons. The van der Waals surface area contributed by atoms with E-state index in [0.717, 1.165) is 29.9 Å². The van der Waals surface area contributed by atoms with Gasteiger partial charge < -0.3 is 11.1 Å². The summed E-state index contributed by atoms with van der Waals surface area (Å²) in [6.07, 6.45) is 3.39. The first-order chi connectivity index (χ1) is 13.1. The highest BCUT2D eigenvalue weighted by atomic mass is 16.1. The first kappa shape index (κ1) is 17.2. The molecule has 1 amide bonds. The second kappa shape index (κ2) is 7.19. The largest absolute Gasteiger partial charge is 0.366 e. The molecular weight excluding hydrogens is 336 g/mol. The summed E-state index contributed by atoms with van der Waals surface area (Å²) < 4.78 is 0. The minimum atomic E-state index is -0.432. The number of carbonyl (C=O) groups is 1. The van der Waals surface area contributed by atoms with Gasteiger partial charge in [-0.3, -0.25) is 4.79 Å². The Labute approximate surface area is 158 Å². The maximum atomic E-state index is 11.3. The second-order valence-electron chi connectivity index (χ2n) is 6.92. The van der Waals surface area contributed by atoms with Crippen LogP contribution < -0.4 is 11.1 Å². The molecule has 27 heavy (non-hydrogen) atoms. The van der Waals surface area contributed by atoms with Crippen molar-refractivity contribution in [3.63, 3.8) is 0 Å². The van der Waals surface area contributed by atoms with Crippen LogP contribution >= 0.6 is 0 Å². The van der Waals surface area contributed by atoms with E-state index in [1.807, 2.05) is 25.1 Å². The molecular formula is C22H22N4O. The molecule has 0 saturated heterocycles. The topological polar surface area (TPSA) is 80.9 Å². The van der Waals surface area contributed by atoms with Crippen molar-refractivity contribution in [3.05, 3.63) is 77.1 Å². The van der Waals surface area contributed by atoms with E-state index in [0.29, 0.717) is 11.4 Å². The number of nitrogens with one attached hydrogen (secondary N) is 1. The first-order valence-electron chi connectivity index (χ1n) is 9.20. The molecule has 3 N–H and O–H groups in total. The van der Waals surface area contributed by atoms with Crippen molar-refractivity contribution in [1.82, 2.24) is 9.97 Å². The molecule has 1 aliphatic rings. The Morgan fingerprint density at radius 2 is 1.89 bits per heavy atom. The van der Waals surface area contributed by atoms with Crippen molar-refractivity contribution < 1.29 is 4.79 Å². The van der Waals surface area contributed by atoms with Crippen LogP contribution in [-0.4, -0.2) is 15.9 Å². The number of fused-ring (bicyclic) bond motifs is 1. The van der Waals surface area contributed by atoms with Crippen LogP contribution in [0.1, 0.15) is 46.2 Å². The highest BCUT2D eigenvalue weighted by molar-refractivity contribution is 5.93. The van der Waals surface area contributed by atoms with Crippen molar-refractivity contribution in [3.8, 4) is 11.3 Å². The van der Waals surface area contributed by atoms with Crippen LogP contribution in [0.3, 0.4) is 0 Å². The number of hydrogen-bond acceptors (Lipinski definition) is 4. The molecule has 1 aliphatic carbocycles. The number of carbonyl (C=O) groups excluding carboxylic acids is 1. The molecule has 2 aromatic carbocycles. The minimum absolute atomic E-state index is 0.259. The number of anilines is 1. The van der Waals surface area contributed by atoms with E-state index < -0.39 is 5.91 Å². The lowest BCUT2D eigenvalue weighted by atomic mass is 9.88. The van der Waals surface area contributed by atoms with Gasteiger partial charge in [-0.2, -0.15) is 0 Å². The third kappa shape index (κ3) is 3.67. The molecule has 1 heterocycles. The smallest absolute Gasteiger partial charge is 0.248 e. The Kier molecular flexibility index (Phi) is 4.59. The van der Waals surface area contributed by atoms with Gasteiger partial charge in [-0.05, 0) is 49.4 Å². The van der Waals surface area contributed by atoms with Gasteiger partial charge in [-0.25, -0.2) is 9.97 Å². The SMILES string of the molecule is Cc1nc(N[C@@H]2CCCc3ccccc32)cc(-c2ccc(C(N)=O)cc2)n1. The zero-order valence-electron chi connectivity index (χ0n) is 15.3. The standard InChI is InChI=1S/C22H22N4O/c1-14-24-20(16-9-11-17(12-10-16)22(23)27)13-21(25-14)26-19-8-4-6-15-5-2-3-7-18(15)19/h2-3,5,7,9-13,19H,4,6,8H2,1H3,(H2,23,27)(H,24,25,26)/t19-/m1/s1. The van der Waals surface area contributed by atoms with Gasteiger partial charge in [0.05, 0.1) is 11.7 Å². The number of amides is 1. The number of primary amides is 1. The van der Waals surface area contributed by atoms with Gasteiger partial charge >= 0.3 is 0 Å². The van der Waals surface area contributed by atoms with Crippen molar-refractivity contribution in [2.45, 2.75) is 32.2 Å². The molecule has 1 aromatic heterocycles. The quantitative estimate of drug-likeness (QED) is 0.737. The van der Waals surface area contributed by atoms with E-state index >= 15 is 0 Å². The van der Waals surface area contributed by atoms with Crippen LogP contribution in [0.25, 0.3) is 11.3 Å². The van der Waals surface area contributed by atoms with E-state index in [2.05, 4.69) is 39.6 Å². The number of aryl methyl sites for hydroxylation is 2. The van der Waals surface area contributed by atoms with E-state index in [4.69, 9.17) is 5.73 Å². The van der Waals surface area contributed by atoms with E-state index in [1.54, 1.807) is 12.1 Å². The summed E-state index contributed by atoms with van der Waals surface area (Å²) in [5, 5.41) is 3.59. The van der Waals surface area contributed by atoms with Crippen LogP contribution in [0.2, 0.25) is 0 Å². The maximum Gasteiger partial charge on any atom is 0.248 e. The lowest BCUT2D eigenvalue weighted by Crippen LogP contribution is -2.18. The van der Waals surface area contributed by atoms with Crippen molar-refractivity contribution >= 4 is 11.7 Å². The zero-order chi connectivity index (χ0) is 18.8. The molecule has 0 unspecified atom stereocenters. The molecule has 1 atom stereocenters. The van der Waals surface area contributed by atoms with Crippen molar-refractivity contribution in [2.75, 3.05) is 5.32 Å². The first-order valence-corrected chi connectivity index (χ1v) is 9.20. The van der Waals surface area contributed by atoms with Gasteiger partial charge in [0.1, 0.15) is 11.6 Å². The maximum absolute atomic E-state index is 11.3. The number of rotatable bonds is 4. The number of nitrogens with zero attached hydrogens (tertiary/aromatic N) is 2. The molecule has 0 fully saturated rings. The van der Waals surface area contributed by atoms with E-state index in [1.165, 1.54) is 17.5 Å². The fraction of sp³-hybridized carbons (Fsp3) is 0.227. The highest BCUT2D eigenvalue weighted by Gasteiger charge is 2.20. The van der Waals surface area contributed by atoms with Crippen LogP contribution in [0.15, 0.2) is 54.6 Å². The van der Waals surface area contributed by atoms with Crippen LogP contribution in [0, 0.1) is 6.92 Å². The molecule has 4 rings (SSSR count). The molecule has 5 nitrogen and oxygen atoms in total. The molecule has 0 bridgehead atoms. The number of nitrogens with two attached hydrogens (primary N) is 1. The van der Waals surface area contributed by atoms with Gasteiger partial charge in [-0.15, -0.1) is 0 Å². The summed E-state index contributed by atoms with van der Waals surface area (Å²) >= 11 is 0. The Hall–Kier alpha value is -3.21. The third-order valence-corrected chi connectivity index (χ3v) is 4.99. The summed E-state index contributed by atoms with van der Waals surface area (Å²) in [6.45, 7) is 1.89. The summed E-state index contributed by atoms with van der Waals surface area (Å²) in [5.74, 6) is 1.09. The average Bonchev–Trinajstić information content (AvgIpc) is 2.68. The van der Waals surface area contributed by atoms with Gasteiger partial charge in [-0.1, -0.05) is 36.4 Å². The van der Waals surface area contributed by atoms with Gasteiger partial charge in [0.15, 0.2) is 0 Å². The zero-order valence-corrected chi connectivity index (χ0v) is 15.3. The Bertz CT molecular complexity index is 982. The highest BCUT2D eigenvalue weighted by Crippen LogP contribution is 2.32. The van der Waals surface area contributed by atoms with Crippen molar-refractivity contribution in [1.29, 1.82) is 0 Å². The summed E-state index contributed by atoms with van der Waals surface area (Å²) in [4.78, 5) is 20.4. The number of hydrogen-bond donors (Lipinski definition) is 2. The molecule has 0 saturated carbocycles. The van der Waals surface area contributed by atoms with Crippen molar-refractivity contribution in [2.24, 2.45) is 5.73 Å². The lowest BCUT2D eigenvalue weighted by Gasteiger charge is -2.27. The fourth-order valence-corrected chi connectivity index (χ4v) is 3.68. The number of aromatic nitrogens is 2. The third-order valence-electron chi connectivity index (χ3n) is 4.99. The molecule has 0 spiro atoms. The summed E-state index contributed by atoms with van der Waals surface area (Å²) in [5.41, 5.74) is 10.3. The average molecular weight is 358 g/mol. The van der Waals surface area contributed by atoms with E-state index in [-0.39, 0.29) is 6.04 Å². The van der Waals surface area contributed by atoms with Crippen LogP contribution in [0.5, 0.6) is 0 Å². The molecule has 3 aromatic rings. The summed E-state index contributed by atoms with van der Waals surface area (Å²) in [6, 6.07) is 18.0. The Morgan fingerprint density at radius 1 is 1.11 bits per heavy atom. The second-order valence-corrected chi connectivity index (χ2v) is 6.92. The monoisotopic (exact) mass is 358 g/mol. The molecule has 0 aliphatic heterocycles. The van der Waals surface area contributed by atoms with Crippen LogP contribution in [0.4, 0.5) is 5.82 Å². The molecule has 136 valence electrons. The Morgan fingerprint density at radius 3 is 2.67 bits per heavy atom. The normalized spacial score (nSPS) is 15.8. The summed E-state index contributed by atoms with van der Waals surface area (Å²) in [7, 11) is 0. The predicted octanol–water partition coefficient (Wildman–Crippen LogP) is 4.04. The minimum Gasteiger partial charge on any atom is -0.366 e. The molecule has 5 heteroatoms. The Balaban J connectivity index is 1.63. The van der Waals surface area contributed by atoms with Gasteiger partial charge in [0, 0.05) is 17.2 Å². The van der Waals surface area contributed by atoms with Crippen LogP contribution in [-0.2, 0) is 6.42 Å². The van der Waals surface area contributed by atoms with Gasteiger partial charge in [0.2, 0.25) is 5.91 Å².